The van der Waals surface area contributed by atoms with Crippen molar-refractivity contribution >= 4 is 34.2 Å². The number of rotatable bonds is 5. The molecule has 1 heterocycles. The van der Waals surface area contributed by atoms with Gasteiger partial charge < -0.3 is 19.6 Å². The Balaban J connectivity index is 1.82. The van der Waals surface area contributed by atoms with Gasteiger partial charge in [0.15, 0.2) is 11.6 Å². The number of nitrogens with one attached hydrogen (secondary N) is 1. The molecular weight excluding hydrogens is 370 g/mol. The number of aromatic nitrogens is 2. The Bertz CT molecular complexity index is 1050. The number of esters is 1. The van der Waals surface area contributed by atoms with Gasteiger partial charge in [-0.25, -0.2) is 9.78 Å². The summed E-state index contributed by atoms with van der Waals surface area (Å²) < 4.78 is 10.2. The number of nitrogens with zero attached hydrogens (tertiary/aromatic N) is 2. The number of nitriles is 1. The summed E-state index contributed by atoms with van der Waals surface area (Å²) in [6.07, 6.45) is 0. The first kappa shape index (κ1) is 18.3. The van der Waals surface area contributed by atoms with Gasteiger partial charge in [-0.05, 0) is 30.3 Å². The molecule has 0 aliphatic rings. The van der Waals surface area contributed by atoms with Crippen molar-refractivity contribution in [3.8, 4) is 11.8 Å². The van der Waals surface area contributed by atoms with Crippen molar-refractivity contribution in [3.05, 3.63) is 64.6 Å². The van der Waals surface area contributed by atoms with Crippen molar-refractivity contribution in [1.82, 2.24) is 9.97 Å². The second-order valence-corrected chi connectivity index (χ2v) is 5.89. The number of fused-ring (bicyclic) bond motifs is 1. The number of halogens is 1. The van der Waals surface area contributed by atoms with Crippen LogP contribution < -0.4 is 4.74 Å². The minimum atomic E-state index is -0.747. The lowest BCUT2D eigenvalue weighted by Crippen LogP contribution is -2.10. The number of hydrogen-bond acceptors (Lipinski definition) is 6. The van der Waals surface area contributed by atoms with Gasteiger partial charge in [0.2, 0.25) is 0 Å². The van der Waals surface area contributed by atoms with Crippen LogP contribution in [0.4, 0.5) is 0 Å². The second kappa shape index (κ2) is 7.81. The lowest BCUT2D eigenvalue weighted by Gasteiger charge is -2.09. The number of ether oxygens (including phenoxy) is 2. The van der Waals surface area contributed by atoms with Gasteiger partial charge in [0.05, 0.1) is 18.1 Å². The molecule has 0 atom stereocenters. The highest BCUT2D eigenvalue weighted by Gasteiger charge is 2.18. The Labute approximate surface area is 159 Å². The number of carbonyl (C=O) groups is 1. The zero-order valence-electron chi connectivity index (χ0n) is 14.2. The molecule has 0 spiro atoms. The van der Waals surface area contributed by atoms with E-state index in [4.69, 9.17) is 21.1 Å². The minimum Gasteiger partial charge on any atom is -0.507 e. The van der Waals surface area contributed by atoms with E-state index in [1.807, 2.05) is 18.2 Å². The standard InChI is InChI=1S/C19H14ClN3O4/c1-26-17-7-6-11(20)8-12(17)19(25)27-10-16(24)13(9-21)18-22-14-4-2-3-5-15(14)23-18/h2-8,24H,10H2,1H3,(H,22,23)/b16-13-. The molecule has 1 aromatic heterocycles. The molecule has 3 aromatic rings. The van der Waals surface area contributed by atoms with Crippen molar-refractivity contribution in [2.45, 2.75) is 0 Å². The Morgan fingerprint density at radius 1 is 1.33 bits per heavy atom. The third kappa shape index (κ3) is 3.86. The van der Waals surface area contributed by atoms with Crippen LogP contribution in [0.5, 0.6) is 5.75 Å². The number of aromatic amines is 1. The van der Waals surface area contributed by atoms with E-state index in [9.17, 15) is 15.2 Å². The molecule has 0 aliphatic heterocycles. The Hall–Kier alpha value is -3.50. The van der Waals surface area contributed by atoms with Gasteiger partial charge in [-0.2, -0.15) is 5.26 Å². The highest BCUT2D eigenvalue weighted by Crippen LogP contribution is 2.24. The van der Waals surface area contributed by atoms with Gasteiger partial charge in [0.25, 0.3) is 0 Å². The Kier molecular flexibility index (Phi) is 5.29. The summed E-state index contributed by atoms with van der Waals surface area (Å²) in [6, 6.07) is 13.6. The first-order valence-electron chi connectivity index (χ1n) is 7.81. The van der Waals surface area contributed by atoms with E-state index >= 15 is 0 Å². The van der Waals surface area contributed by atoms with Gasteiger partial charge >= 0.3 is 5.97 Å². The summed E-state index contributed by atoms with van der Waals surface area (Å²) in [4.78, 5) is 19.5. The number of aliphatic hydroxyl groups excluding tert-OH is 1. The highest BCUT2D eigenvalue weighted by atomic mass is 35.5. The number of para-hydroxylation sites is 2. The molecule has 0 amide bonds. The summed E-state index contributed by atoms with van der Waals surface area (Å²) >= 11 is 5.89. The quantitative estimate of drug-likeness (QED) is 0.393. The number of aliphatic hydroxyl groups is 1. The highest BCUT2D eigenvalue weighted by molar-refractivity contribution is 6.31. The molecular formula is C19H14ClN3O4. The SMILES string of the molecule is COc1ccc(Cl)cc1C(=O)OC/C(O)=C(\C#N)c1nc2ccccc2[nH]1. The summed E-state index contributed by atoms with van der Waals surface area (Å²) in [6.45, 7) is -0.506. The fourth-order valence-corrected chi connectivity index (χ4v) is 2.62. The van der Waals surface area contributed by atoms with E-state index in [2.05, 4.69) is 9.97 Å². The molecule has 27 heavy (non-hydrogen) atoms. The third-order valence-corrected chi connectivity index (χ3v) is 3.98. The maximum Gasteiger partial charge on any atom is 0.342 e. The van der Waals surface area contributed by atoms with Crippen molar-refractivity contribution in [2.24, 2.45) is 0 Å². The fourth-order valence-electron chi connectivity index (χ4n) is 2.45. The molecule has 0 bridgehead atoms. The number of H-pyrrole nitrogens is 1. The topological polar surface area (TPSA) is 108 Å². The molecule has 0 saturated carbocycles. The lowest BCUT2D eigenvalue weighted by molar-refractivity contribution is 0.0499. The third-order valence-electron chi connectivity index (χ3n) is 3.75. The molecule has 0 aliphatic carbocycles. The number of imidazole rings is 1. The van der Waals surface area contributed by atoms with Crippen LogP contribution in [0.1, 0.15) is 16.2 Å². The smallest absolute Gasteiger partial charge is 0.342 e. The number of carbonyl (C=O) groups excluding carboxylic acids is 1. The van der Waals surface area contributed by atoms with E-state index in [0.29, 0.717) is 16.1 Å². The summed E-state index contributed by atoms with van der Waals surface area (Å²) in [7, 11) is 1.41. The van der Waals surface area contributed by atoms with Gasteiger partial charge in [-0.3, -0.25) is 0 Å². The largest absolute Gasteiger partial charge is 0.507 e. The van der Waals surface area contributed by atoms with Crippen LogP contribution in [0.2, 0.25) is 5.02 Å². The van der Waals surface area contributed by atoms with E-state index in [1.165, 1.54) is 19.2 Å². The maximum atomic E-state index is 12.3. The molecule has 2 N–H and O–H groups in total. The second-order valence-electron chi connectivity index (χ2n) is 5.46. The van der Waals surface area contributed by atoms with E-state index in [-0.39, 0.29) is 22.7 Å². The van der Waals surface area contributed by atoms with Crippen molar-refractivity contribution in [2.75, 3.05) is 13.7 Å². The van der Waals surface area contributed by atoms with Gasteiger partial charge in [0.1, 0.15) is 29.6 Å². The number of hydrogen-bond donors (Lipinski definition) is 2. The van der Waals surface area contributed by atoms with Crippen LogP contribution in [0.25, 0.3) is 16.6 Å². The molecule has 0 unspecified atom stereocenters. The minimum absolute atomic E-state index is 0.111. The molecule has 7 nitrogen and oxygen atoms in total. The number of methoxy groups -OCH3 is 1. The average molecular weight is 384 g/mol. The molecule has 0 radical (unpaired) electrons. The van der Waals surface area contributed by atoms with Gasteiger partial charge in [-0.1, -0.05) is 23.7 Å². The van der Waals surface area contributed by atoms with Crippen LogP contribution in [0.15, 0.2) is 48.2 Å². The number of benzene rings is 2. The van der Waals surface area contributed by atoms with Crippen molar-refractivity contribution < 1.29 is 19.4 Å². The van der Waals surface area contributed by atoms with Crippen LogP contribution in [-0.2, 0) is 4.74 Å². The zero-order valence-corrected chi connectivity index (χ0v) is 14.9. The van der Waals surface area contributed by atoms with Crippen LogP contribution >= 0.6 is 11.6 Å². The summed E-state index contributed by atoms with van der Waals surface area (Å²) in [5.41, 5.74) is 1.36. The van der Waals surface area contributed by atoms with E-state index in [1.54, 1.807) is 18.2 Å². The predicted octanol–water partition coefficient (Wildman–Crippen LogP) is 3.87. The van der Waals surface area contributed by atoms with Gasteiger partial charge in [-0.15, -0.1) is 0 Å². The summed E-state index contributed by atoms with van der Waals surface area (Å²) in [5, 5.41) is 19.9. The van der Waals surface area contributed by atoms with Crippen molar-refractivity contribution in [1.29, 1.82) is 5.26 Å². The maximum absolute atomic E-state index is 12.3. The Morgan fingerprint density at radius 2 is 2.11 bits per heavy atom. The monoisotopic (exact) mass is 383 g/mol. The summed E-state index contributed by atoms with van der Waals surface area (Å²) in [5.74, 6) is -0.702. The van der Waals surface area contributed by atoms with Crippen LogP contribution in [0, 0.1) is 11.3 Å². The van der Waals surface area contributed by atoms with E-state index < -0.39 is 18.3 Å². The van der Waals surface area contributed by atoms with Crippen LogP contribution in [0.3, 0.4) is 0 Å². The zero-order chi connectivity index (χ0) is 19.4. The van der Waals surface area contributed by atoms with Crippen molar-refractivity contribution in [3.63, 3.8) is 0 Å². The Morgan fingerprint density at radius 3 is 2.81 bits per heavy atom. The first-order chi connectivity index (χ1) is 13.0. The molecule has 8 heteroatoms. The lowest BCUT2D eigenvalue weighted by atomic mass is 10.2. The molecule has 3 rings (SSSR count). The molecule has 0 fully saturated rings. The normalized spacial score (nSPS) is 11.6. The molecule has 2 aromatic carbocycles. The molecule has 0 saturated heterocycles. The fraction of sp³-hybridized carbons (Fsp3) is 0.105. The van der Waals surface area contributed by atoms with Crippen LogP contribution in [-0.4, -0.2) is 34.8 Å². The average Bonchev–Trinajstić information content (AvgIpc) is 3.10. The molecule has 136 valence electrons. The first-order valence-corrected chi connectivity index (χ1v) is 8.19. The predicted molar refractivity (Wildman–Crippen MR) is 99.5 cm³/mol. The van der Waals surface area contributed by atoms with E-state index in [0.717, 1.165) is 0 Å². The van der Waals surface area contributed by atoms with Gasteiger partial charge in [0, 0.05) is 5.02 Å². The number of allylic oxidation sites excluding steroid dienone is 1.